The average molecular weight is 244 g/mol. The highest BCUT2D eigenvalue weighted by Gasteiger charge is 2.37. The largest absolute Gasteiger partial charge is 0.388 e. The van der Waals surface area contributed by atoms with E-state index in [4.69, 9.17) is 4.74 Å². The minimum absolute atomic E-state index is 0.0255. The van der Waals surface area contributed by atoms with Crippen molar-refractivity contribution in [3.8, 4) is 0 Å². The van der Waals surface area contributed by atoms with Crippen molar-refractivity contribution in [2.24, 2.45) is 0 Å². The predicted molar refractivity (Wildman–Crippen MR) is 65.7 cm³/mol. The van der Waals surface area contributed by atoms with Gasteiger partial charge in [-0.1, -0.05) is 0 Å². The van der Waals surface area contributed by atoms with E-state index >= 15 is 0 Å². The van der Waals surface area contributed by atoms with Crippen LogP contribution in [0.2, 0.25) is 0 Å². The van der Waals surface area contributed by atoms with E-state index in [1.807, 2.05) is 6.92 Å². The van der Waals surface area contributed by atoms with Crippen LogP contribution in [-0.2, 0) is 9.53 Å². The molecule has 1 aliphatic heterocycles. The molecule has 0 aromatic carbocycles. The number of aliphatic hydroxyl groups is 1. The maximum atomic E-state index is 11.7. The number of carbonyl (C=O) groups is 1. The second-order valence-corrected chi connectivity index (χ2v) is 6.07. The second kappa shape index (κ2) is 4.55. The van der Waals surface area contributed by atoms with Gasteiger partial charge < -0.3 is 20.5 Å². The summed E-state index contributed by atoms with van der Waals surface area (Å²) in [7, 11) is 0. The topological polar surface area (TPSA) is 70.6 Å². The molecule has 0 bridgehead atoms. The van der Waals surface area contributed by atoms with Crippen LogP contribution < -0.4 is 10.6 Å². The number of carbonyl (C=O) groups excluding carboxylic acids is 1. The van der Waals surface area contributed by atoms with Gasteiger partial charge in [0.05, 0.1) is 16.7 Å². The Bertz CT molecular complexity index is 291. The number of rotatable bonds is 5. The van der Waals surface area contributed by atoms with Crippen molar-refractivity contribution in [2.75, 3.05) is 19.7 Å². The molecule has 100 valence electrons. The van der Waals surface area contributed by atoms with E-state index in [0.717, 1.165) is 13.1 Å². The molecule has 0 saturated carbocycles. The molecule has 1 heterocycles. The molecule has 1 fully saturated rings. The molecule has 0 aromatic rings. The Balaban J connectivity index is 2.39. The van der Waals surface area contributed by atoms with Gasteiger partial charge in [-0.3, -0.25) is 4.79 Å². The standard InChI is InChI=1S/C12H24N2O3/c1-10(2,11(3,4)16)14-9(15)6-17-12(5)7-13-8-12/h13,16H,6-8H2,1-5H3,(H,14,15). The molecule has 1 amide bonds. The van der Waals surface area contributed by atoms with Crippen LogP contribution in [0.3, 0.4) is 0 Å². The van der Waals surface area contributed by atoms with E-state index in [-0.39, 0.29) is 18.1 Å². The first-order valence-electron chi connectivity index (χ1n) is 5.94. The zero-order valence-electron chi connectivity index (χ0n) is 11.4. The molecule has 0 aliphatic carbocycles. The van der Waals surface area contributed by atoms with Crippen molar-refractivity contribution in [2.45, 2.75) is 51.4 Å². The minimum Gasteiger partial charge on any atom is -0.388 e. The van der Waals surface area contributed by atoms with E-state index < -0.39 is 11.1 Å². The van der Waals surface area contributed by atoms with Crippen LogP contribution in [0.5, 0.6) is 0 Å². The highest BCUT2D eigenvalue weighted by molar-refractivity contribution is 5.78. The van der Waals surface area contributed by atoms with Crippen LogP contribution in [-0.4, -0.2) is 47.5 Å². The van der Waals surface area contributed by atoms with Gasteiger partial charge in [0.1, 0.15) is 6.61 Å². The summed E-state index contributed by atoms with van der Waals surface area (Å²) in [5.74, 6) is -0.203. The summed E-state index contributed by atoms with van der Waals surface area (Å²) in [5, 5.41) is 15.8. The molecule has 5 heteroatoms. The maximum Gasteiger partial charge on any atom is 0.246 e. The normalized spacial score (nSPS) is 19.6. The smallest absolute Gasteiger partial charge is 0.246 e. The Kier molecular flexibility index (Phi) is 3.86. The number of ether oxygens (including phenoxy) is 1. The molecule has 3 N–H and O–H groups in total. The molecule has 0 unspecified atom stereocenters. The highest BCUT2D eigenvalue weighted by Crippen LogP contribution is 2.20. The Morgan fingerprint density at radius 1 is 1.41 bits per heavy atom. The lowest BCUT2D eigenvalue weighted by Crippen LogP contribution is -2.61. The van der Waals surface area contributed by atoms with Gasteiger partial charge in [-0.15, -0.1) is 0 Å². The molecule has 17 heavy (non-hydrogen) atoms. The van der Waals surface area contributed by atoms with E-state index in [1.54, 1.807) is 27.7 Å². The summed E-state index contributed by atoms with van der Waals surface area (Å²) in [6.45, 7) is 10.5. The Labute approximate surface area is 103 Å². The van der Waals surface area contributed by atoms with Gasteiger partial charge in [-0.2, -0.15) is 0 Å². The summed E-state index contributed by atoms with van der Waals surface area (Å²) in [4.78, 5) is 11.7. The van der Waals surface area contributed by atoms with Crippen molar-refractivity contribution in [3.05, 3.63) is 0 Å². The molecule has 0 radical (unpaired) electrons. The van der Waals surface area contributed by atoms with E-state index in [2.05, 4.69) is 10.6 Å². The van der Waals surface area contributed by atoms with E-state index in [1.165, 1.54) is 0 Å². The van der Waals surface area contributed by atoms with Crippen LogP contribution >= 0.6 is 0 Å². The zero-order valence-corrected chi connectivity index (χ0v) is 11.4. The van der Waals surface area contributed by atoms with Gasteiger partial charge >= 0.3 is 0 Å². The maximum absolute atomic E-state index is 11.7. The molecule has 5 nitrogen and oxygen atoms in total. The fourth-order valence-corrected chi connectivity index (χ4v) is 1.36. The van der Waals surface area contributed by atoms with Gasteiger partial charge in [0, 0.05) is 13.1 Å². The van der Waals surface area contributed by atoms with Gasteiger partial charge in [0.2, 0.25) is 5.91 Å². The van der Waals surface area contributed by atoms with Crippen molar-refractivity contribution in [3.63, 3.8) is 0 Å². The number of nitrogens with one attached hydrogen (secondary N) is 2. The van der Waals surface area contributed by atoms with Gasteiger partial charge in [0.25, 0.3) is 0 Å². The third-order valence-electron chi connectivity index (χ3n) is 3.53. The first-order chi connectivity index (χ1) is 7.56. The quantitative estimate of drug-likeness (QED) is 0.638. The fraction of sp³-hybridized carbons (Fsp3) is 0.917. The monoisotopic (exact) mass is 244 g/mol. The van der Waals surface area contributed by atoms with Crippen molar-refractivity contribution >= 4 is 5.91 Å². The van der Waals surface area contributed by atoms with Crippen LogP contribution in [0.15, 0.2) is 0 Å². The van der Waals surface area contributed by atoms with Gasteiger partial charge in [0.15, 0.2) is 0 Å². The van der Waals surface area contributed by atoms with Crippen LogP contribution in [0, 0.1) is 0 Å². The molecule has 0 atom stereocenters. The summed E-state index contributed by atoms with van der Waals surface area (Å²) in [6.07, 6.45) is 0. The summed E-state index contributed by atoms with van der Waals surface area (Å²) >= 11 is 0. The van der Waals surface area contributed by atoms with Crippen molar-refractivity contribution < 1.29 is 14.6 Å². The van der Waals surface area contributed by atoms with Gasteiger partial charge in [-0.25, -0.2) is 0 Å². The molecule has 0 spiro atoms. The van der Waals surface area contributed by atoms with E-state index in [0.29, 0.717) is 0 Å². The van der Waals surface area contributed by atoms with Crippen LogP contribution in [0.25, 0.3) is 0 Å². The SMILES string of the molecule is CC1(OCC(=O)NC(C)(C)C(C)(C)O)CNC1. The van der Waals surface area contributed by atoms with Crippen molar-refractivity contribution in [1.29, 1.82) is 0 Å². The summed E-state index contributed by atoms with van der Waals surface area (Å²) in [5.41, 5.74) is -1.90. The van der Waals surface area contributed by atoms with Crippen molar-refractivity contribution in [1.82, 2.24) is 10.6 Å². The van der Waals surface area contributed by atoms with Gasteiger partial charge in [-0.05, 0) is 34.6 Å². The third-order valence-corrected chi connectivity index (χ3v) is 3.53. The van der Waals surface area contributed by atoms with Crippen LogP contribution in [0.4, 0.5) is 0 Å². The first kappa shape index (κ1) is 14.4. The second-order valence-electron chi connectivity index (χ2n) is 6.07. The Hall–Kier alpha value is -0.650. The number of amides is 1. The summed E-state index contributed by atoms with van der Waals surface area (Å²) in [6, 6.07) is 0. The lowest BCUT2D eigenvalue weighted by molar-refractivity contribution is -0.140. The highest BCUT2D eigenvalue weighted by atomic mass is 16.5. The lowest BCUT2D eigenvalue weighted by atomic mass is 9.86. The Morgan fingerprint density at radius 2 is 1.94 bits per heavy atom. The molecule has 1 rings (SSSR count). The molecule has 1 saturated heterocycles. The minimum atomic E-state index is -0.982. The molecular formula is C12H24N2O3. The number of hydrogen-bond donors (Lipinski definition) is 3. The van der Waals surface area contributed by atoms with Crippen LogP contribution in [0.1, 0.15) is 34.6 Å². The van der Waals surface area contributed by atoms with E-state index in [9.17, 15) is 9.90 Å². The molecule has 1 aliphatic rings. The zero-order chi connectivity index (χ0) is 13.3. The Morgan fingerprint density at radius 3 is 2.29 bits per heavy atom. The first-order valence-corrected chi connectivity index (χ1v) is 5.94. The fourth-order valence-electron chi connectivity index (χ4n) is 1.36. The third kappa shape index (κ3) is 3.66. The average Bonchev–Trinajstić information content (AvgIpc) is 2.09. The predicted octanol–water partition coefficient (Wildman–Crippen LogP) is 0.0306. The lowest BCUT2D eigenvalue weighted by Gasteiger charge is -2.40. The number of hydrogen-bond acceptors (Lipinski definition) is 4. The summed E-state index contributed by atoms with van der Waals surface area (Å²) < 4.78 is 5.53. The molecular weight excluding hydrogens is 220 g/mol. The molecule has 0 aromatic heterocycles.